The molecule has 1 aromatic rings. The maximum absolute atomic E-state index is 11.2. The van der Waals surface area contributed by atoms with Gasteiger partial charge in [-0.3, -0.25) is 0 Å². The molecule has 0 unspecified atom stereocenters. The molecule has 0 saturated heterocycles. The average molecular weight is 181 g/mol. The fraction of sp³-hybridized carbons (Fsp3) is 0.222. The van der Waals surface area contributed by atoms with E-state index in [9.17, 15) is 9.90 Å². The Kier molecular flexibility index (Phi) is 2.74. The van der Waals surface area contributed by atoms with E-state index in [1.165, 1.54) is 18.2 Å². The van der Waals surface area contributed by atoms with Crippen LogP contribution in [0.5, 0.6) is 5.75 Å². The molecule has 4 nitrogen and oxygen atoms in total. The van der Waals surface area contributed by atoms with Crippen LogP contribution in [0.1, 0.15) is 17.3 Å². The van der Waals surface area contributed by atoms with E-state index in [-0.39, 0.29) is 17.9 Å². The molecule has 0 saturated carbocycles. The Morgan fingerprint density at radius 2 is 2.31 bits per heavy atom. The SMILES string of the molecule is CCOC(=O)c1cc(N)ccc1O. The van der Waals surface area contributed by atoms with Gasteiger partial charge in [-0.2, -0.15) is 0 Å². The van der Waals surface area contributed by atoms with Crippen LogP contribution in [0.3, 0.4) is 0 Å². The van der Waals surface area contributed by atoms with Crippen molar-refractivity contribution >= 4 is 11.7 Å². The summed E-state index contributed by atoms with van der Waals surface area (Å²) in [5, 5.41) is 9.28. The maximum atomic E-state index is 11.2. The van der Waals surface area contributed by atoms with Gasteiger partial charge < -0.3 is 15.6 Å². The number of hydrogen-bond acceptors (Lipinski definition) is 4. The Balaban J connectivity index is 2.99. The van der Waals surface area contributed by atoms with Crippen molar-refractivity contribution in [3.63, 3.8) is 0 Å². The number of carbonyl (C=O) groups excluding carboxylic acids is 1. The van der Waals surface area contributed by atoms with Gasteiger partial charge in [-0.25, -0.2) is 4.79 Å². The van der Waals surface area contributed by atoms with Crippen molar-refractivity contribution in [3.8, 4) is 5.75 Å². The molecular weight excluding hydrogens is 170 g/mol. The first-order chi connectivity index (χ1) is 6.15. The quantitative estimate of drug-likeness (QED) is 0.408. The second-order valence-electron chi connectivity index (χ2n) is 2.50. The first-order valence-electron chi connectivity index (χ1n) is 3.90. The van der Waals surface area contributed by atoms with Gasteiger partial charge in [-0.1, -0.05) is 0 Å². The molecule has 4 heteroatoms. The monoisotopic (exact) mass is 181 g/mol. The van der Waals surface area contributed by atoms with Crippen LogP contribution in [0.25, 0.3) is 0 Å². The summed E-state index contributed by atoms with van der Waals surface area (Å²) in [7, 11) is 0. The molecule has 13 heavy (non-hydrogen) atoms. The lowest BCUT2D eigenvalue weighted by atomic mass is 10.2. The fourth-order valence-electron chi connectivity index (χ4n) is 0.926. The van der Waals surface area contributed by atoms with Gasteiger partial charge >= 0.3 is 5.97 Å². The number of rotatable bonds is 2. The van der Waals surface area contributed by atoms with Crippen LogP contribution < -0.4 is 5.73 Å². The van der Waals surface area contributed by atoms with Crippen molar-refractivity contribution in [2.75, 3.05) is 12.3 Å². The molecule has 0 spiro atoms. The van der Waals surface area contributed by atoms with E-state index in [0.29, 0.717) is 5.69 Å². The number of aromatic hydroxyl groups is 1. The van der Waals surface area contributed by atoms with Crippen LogP contribution in [-0.2, 0) is 4.74 Å². The van der Waals surface area contributed by atoms with E-state index >= 15 is 0 Å². The molecular formula is C9H11NO3. The summed E-state index contributed by atoms with van der Waals surface area (Å²) in [5.41, 5.74) is 5.96. The minimum atomic E-state index is -0.563. The summed E-state index contributed by atoms with van der Waals surface area (Å²) < 4.78 is 4.71. The lowest BCUT2D eigenvalue weighted by Crippen LogP contribution is -2.05. The first kappa shape index (κ1) is 9.38. The molecule has 0 heterocycles. The molecule has 0 radical (unpaired) electrons. The molecule has 0 aromatic heterocycles. The standard InChI is InChI=1S/C9H11NO3/c1-2-13-9(12)7-5-6(10)3-4-8(7)11/h3-5,11H,2,10H2,1H3. The van der Waals surface area contributed by atoms with Gasteiger partial charge in [0.25, 0.3) is 0 Å². The number of benzene rings is 1. The fourth-order valence-corrected chi connectivity index (χ4v) is 0.926. The molecule has 0 aliphatic rings. The summed E-state index contributed by atoms with van der Waals surface area (Å²) in [5.74, 6) is -0.681. The summed E-state index contributed by atoms with van der Waals surface area (Å²) >= 11 is 0. The molecule has 3 N–H and O–H groups in total. The third-order valence-corrected chi connectivity index (χ3v) is 1.52. The number of nitrogen functional groups attached to an aromatic ring is 1. The van der Waals surface area contributed by atoms with Crippen molar-refractivity contribution in [1.29, 1.82) is 0 Å². The molecule has 0 amide bonds. The van der Waals surface area contributed by atoms with Crippen molar-refractivity contribution in [2.45, 2.75) is 6.92 Å². The van der Waals surface area contributed by atoms with Gasteiger partial charge in [0, 0.05) is 5.69 Å². The minimum absolute atomic E-state index is 0.0989. The van der Waals surface area contributed by atoms with Crippen LogP contribution in [0.2, 0.25) is 0 Å². The summed E-state index contributed by atoms with van der Waals surface area (Å²) in [4.78, 5) is 11.2. The largest absolute Gasteiger partial charge is 0.507 e. The molecule has 1 rings (SSSR count). The molecule has 0 fully saturated rings. The zero-order valence-electron chi connectivity index (χ0n) is 7.28. The predicted octanol–water partition coefficient (Wildman–Crippen LogP) is 1.15. The van der Waals surface area contributed by atoms with Crippen LogP contribution >= 0.6 is 0 Å². The van der Waals surface area contributed by atoms with Crippen molar-refractivity contribution in [3.05, 3.63) is 23.8 Å². The van der Waals surface area contributed by atoms with E-state index in [1.54, 1.807) is 6.92 Å². The van der Waals surface area contributed by atoms with E-state index in [0.717, 1.165) is 0 Å². The number of nitrogens with two attached hydrogens (primary N) is 1. The number of carbonyl (C=O) groups is 1. The summed E-state index contributed by atoms with van der Waals surface area (Å²) in [6.07, 6.45) is 0. The average Bonchev–Trinajstić information content (AvgIpc) is 2.09. The number of phenols is 1. The smallest absolute Gasteiger partial charge is 0.341 e. The van der Waals surface area contributed by atoms with E-state index in [4.69, 9.17) is 10.5 Å². The van der Waals surface area contributed by atoms with E-state index in [2.05, 4.69) is 0 Å². The third kappa shape index (κ3) is 2.11. The Bertz CT molecular complexity index is 323. The van der Waals surface area contributed by atoms with Crippen LogP contribution in [0.4, 0.5) is 5.69 Å². The Morgan fingerprint density at radius 1 is 1.62 bits per heavy atom. The zero-order chi connectivity index (χ0) is 9.84. The second kappa shape index (κ2) is 3.80. The van der Waals surface area contributed by atoms with Crippen LogP contribution in [-0.4, -0.2) is 17.7 Å². The first-order valence-corrected chi connectivity index (χ1v) is 3.90. The highest BCUT2D eigenvalue weighted by Gasteiger charge is 2.11. The van der Waals surface area contributed by atoms with Gasteiger partial charge in [0.2, 0.25) is 0 Å². The lowest BCUT2D eigenvalue weighted by Gasteiger charge is -2.04. The Morgan fingerprint density at radius 3 is 2.92 bits per heavy atom. The number of phenolic OH excluding ortho intramolecular Hbond substituents is 1. The van der Waals surface area contributed by atoms with Crippen LogP contribution in [0.15, 0.2) is 18.2 Å². The highest BCUT2D eigenvalue weighted by molar-refractivity contribution is 5.93. The van der Waals surface area contributed by atoms with Gasteiger partial charge in [0.15, 0.2) is 0 Å². The number of anilines is 1. The van der Waals surface area contributed by atoms with Gasteiger partial charge in [0.1, 0.15) is 11.3 Å². The molecule has 70 valence electrons. The summed E-state index contributed by atoms with van der Waals surface area (Å²) in [6.45, 7) is 1.97. The number of hydrogen-bond donors (Lipinski definition) is 2. The maximum Gasteiger partial charge on any atom is 0.341 e. The zero-order valence-corrected chi connectivity index (χ0v) is 7.28. The van der Waals surface area contributed by atoms with Gasteiger partial charge in [0.05, 0.1) is 6.61 Å². The number of ether oxygens (including phenoxy) is 1. The highest BCUT2D eigenvalue weighted by atomic mass is 16.5. The van der Waals surface area contributed by atoms with Crippen molar-refractivity contribution in [2.24, 2.45) is 0 Å². The lowest BCUT2D eigenvalue weighted by molar-refractivity contribution is 0.0523. The second-order valence-corrected chi connectivity index (χ2v) is 2.50. The predicted molar refractivity (Wildman–Crippen MR) is 48.5 cm³/mol. The van der Waals surface area contributed by atoms with Gasteiger partial charge in [-0.15, -0.1) is 0 Å². The number of esters is 1. The molecule has 1 aromatic carbocycles. The summed E-state index contributed by atoms with van der Waals surface area (Å²) in [6, 6.07) is 4.26. The molecule has 0 aliphatic heterocycles. The topological polar surface area (TPSA) is 72.5 Å². The molecule has 0 aliphatic carbocycles. The van der Waals surface area contributed by atoms with Crippen molar-refractivity contribution < 1.29 is 14.6 Å². The molecule has 0 atom stereocenters. The minimum Gasteiger partial charge on any atom is -0.507 e. The Hall–Kier alpha value is -1.71. The van der Waals surface area contributed by atoms with E-state index < -0.39 is 5.97 Å². The van der Waals surface area contributed by atoms with E-state index in [1.807, 2.05) is 0 Å². The third-order valence-electron chi connectivity index (χ3n) is 1.52. The van der Waals surface area contributed by atoms with Gasteiger partial charge in [-0.05, 0) is 25.1 Å². The normalized spacial score (nSPS) is 9.62. The highest BCUT2D eigenvalue weighted by Crippen LogP contribution is 2.20. The van der Waals surface area contributed by atoms with Crippen LogP contribution in [0, 0.1) is 0 Å². The molecule has 0 bridgehead atoms. The Labute approximate surface area is 75.9 Å². The van der Waals surface area contributed by atoms with Crippen molar-refractivity contribution in [1.82, 2.24) is 0 Å².